The second-order valence-corrected chi connectivity index (χ2v) is 7.31. The molecular formula is C11H22N2O3S. The molecule has 1 aliphatic heterocycles. The van der Waals surface area contributed by atoms with Crippen LogP contribution in [0.4, 0.5) is 4.79 Å². The van der Waals surface area contributed by atoms with Gasteiger partial charge >= 0.3 is 6.03 Å². The van der Waals surface area contributed by atoms with E-state index < -0.39 is 9.84 Å². The van der Waals surface area contributed by atoms with Crippen LogP contribution in [0, 0.1) is 5.92 Å². The Morgan fingerprint density at radius 1 is 1.35 bits per heavy atom. The van der Waals surface area contributed by atoms with Crippen LogP contribution in [0.3, 0.4) is 0 Å². The zero-order chi connectivity index (χ0) is 13.1. The fraction of sp³-hybridized carbons (Fsp3) is 0.909. The lowest BCUT2D eigenvalue weighted by Crippen LogP contribution is -2.47. The van der Waals surface area contributed by atoms with Crippen molar-refractivity contribution in [1.82, 2.24) is 10.2 Å². The van der Waals surface area contributed by atoms with Crippen molar-refractivity contribution in [3.63, 3.8) is 0 Å². The number of amides is 2. The predicted octanol–water partition coefficient (Wildman–Crippen LogP) is 0.861. The molecule has 1 heterocycles. The van der Waals surface area contributed by atoms with Gasteiger partial charge in [0.2, 0.25) is 0 Å². The summed E-state index contributed by atoms with van der Waals surface area (Å²) >= 11 is 0. The molecule has 0 spiro atoms. The molecule has 1 fully saturated rings. The highest BCUT2D eigenvalue weighted by molar-refractivity contribution is 7.90. The van der Waals surface area contributed by atoms with Gasteiger partial charge in [-0.2, -0.15) is 0 Å². The maximum absolute atomic E-state index is 11.7. The minimum absolute atomic E-state index is 0.0437. The lowest BCUT2D eigenvalue weighted by Gasteiger charge is -2.32. The lowest BCUT2D eigenvalue weighted by atomic mass is 9.99. The molecule has 0 saturated carbocycles. The van der Waals surface area contributed by atoms with Crippen LogP contribution in [0.25, 0.3) is 0 Å². The van der Waals surface area contributed by atoms with Crippen LogP contribution in [0.1, 0.15) is 26.7 Å². The van der Waals surface area contributed by atoms with Crippen molar-refractivity contribution in [3.8, 4) is 0 Å². The standard InChI is InChI=1S/C11H22N2O3S/c1-9(2)12-11(14)13-6-4-10(5-7-13)8-17(3,15)16/h9-10H,4-8H2,1-3H3,(H,12,14). The van der Waals surface area contributed by atoms with Crippen molar-refractivity contribution in [1.29, 1.82) is 0 Å². The third-order valence-corrected chi connectivity index (χ3v) is 3.93. The maximum atomic E-state index is 11.7. The normalized spacial score (nSPS) is 18.5. The van der Waals surface area contributed by atoms with E-state index in [-0.39, 0.29) is 23.7 Å². The van der Waals surface area contributed by atoms with E-state index in [1.54, 1.807) is 4.90 Å². The Kier molecular flexibility index (Phi) is 4.80. The van der Waals surface area contributed by atoms with E-state index in [0.29, 0.717) is 13.1 Å². The van der Waals surface area contributed by atoms with Gasteiger partial charge in [-0.3, -0.25) is 0 Å². The van der Waals surface area contributed by atoms with Crippen molar-refractivity contribution < 1.29 is 13.2 Å². The number of nitrogens with zero attached hydrogens (tertiary/aromatic N) is 1. The summed E-state index contributed by atoms with van der Waals surface area (Å²) in [7, 11) is -2.90. The van der Waals surface area contributed by atoms with Crippen LogP contribution >= 0.6 is 0 Å². The lowest BCUT2D eigenvalue weighted by molar-refractivity contribution is 0.172. The first-order chi connectivity index (χ1) is 7.78. The van der Waals surface area contributed by atoms with E-state index in [1.165, 1.54) is 6.26 Å². The van der Waals surface area contributed by atoms with Gasteiger partial charge in [-0.05, 0) is 32.6 Å². The molecule has 6 heteroatoms. The average Bonchev–Trinajstić information content (AvgIpc) is 2.15. The number of hydrogen-bond donors (Lipinski definition) is 1. The van der Waals surface area contributed by atoms with Crippen LogP contribution in [-0.2, 0) is 9.84 Å². The topological polar surface area (TPSA) is 66.5 Å². The van der Waals surface area contributed by atoms with E-state index in [2.05, 4.69) is 5.32 Å². The number of likely N-dealkylation sites (tertiary alicyclic amines) is 1. The van der Waals surface area contributed by atoms with Gasteiger partial charge in [0.15, 0.2) is 0 Å². The Balaban J connectivity index is 2.38. The van der Waals surface area contributed by atoms with Crippen molar-refractivity contribution in [3.05, 3.63) is 0 Å². The van der Waals surface area contributed by atoms with Gasteiger partial charge in [-0.1, -0.05) is 0 Å². The summed E-state index contributed by atoms with van der Waals surface area (Å²) in [5.41, 5.74) is 0. The van der Waals surface area contributed by atoms with Crippen LogP contribution in [0.15, 0.2) is 0 Å². The highest BCUT2D eigenvalue weighted by atomic mass is 32.2. The number of piperidine rings is 1. The first-order valence-corrected chi connectivity index (χ1v) is 8.07. The van der Waals surface area contributed by atoms with Gasteiger partial charge in [0.1, 0.15) is 9.84 Å². The van der Waals surface area contributed by atoms with Gasteiger partial charge in [0.25, 0.3) is 0 Å². The quantitative estimate of drug-likeness (QED) is 0.820. The Bertz CT molecular complexity index is 357. The fourth-order valence-electron chi connectivity index (χ4n) is 2.07. The summed E-state index contributed by atoms with van der Waals surface area (Å²) in [6.07, 6.45) is 2.82. The van der Waals surface area contributed by atoms with Crippen LogP contribution in [-0.4, -0.2) is 50.5 Å². The first kappa shape index (κ1) is 14.3. The summed E-state index contributed by atoms with van der Waals surface area (Å²) in [6, 6.07) is 0.0917. The maximum Gasteiger partial charge on any atom is 0.317 e. The summed E-state index contributed by atoms with van der Waals surface area (Å²) in [6.45, 7) is 5.15. The Labute approximate surface area is 103 Å². The van der Waals surface area contributed by atoms with Gasteiger partial charge in [-0.15, -0.1) is 0 Å². The van der Waals surface area contributed by atoms with E-state index in [4.69, 9.17) is 0 Å². The summed E-state index contributed by atoms with van der Waals surface area (Å²) in [4.78, 5) is 13.5. The summed E-state index contributed by atoms with van der Waals surface area (Å²) < 4.78 is 22.3. The number of hydrogen-bond acceptors (Lipinski definition) is 3. The molecule has 1 rings (SSSR count). The molecule has 2 amide bonds. The fourth-order valence-corrected chi connectivity index (χ4v) is 3.26. The molecular weight excluding hydrogens is 240 g/mol. The molecule has 0 atom stereocenters. The molecule has 0 radical (unpaired) electrons. The molecule has 1 N–H and O–H groups in total. The molecule has 0 aliphatic carbocycles. The first-order valence-electron chi connectivity index (χ1n) is 6.01. The zero-order valence-electron chi connectivity index (χ0n) is 10.8. The average molecular weight is 262 g/mol. The van der Waals surface area contributed by atoms with Gasteiger partial charge in [0, 0.05) is 25.4 Å². The van der Waals surface area contributed by atoms with Crippen molar-refractivity contribution in [2.75, 3.05) is 25.1 Å². The number of nitrogens with one attached hydrogen (secondary N) is 1. The minimum atomic E-state index is -2.90. The van der Waals surface area contributed by atoms with Crippen LogP contribution < -0.4 is 5.32 Å². The smallest absolute Gasteiger partial charge is 0.317 e. The predicted molar refractivity (Wildman–Crippen MR) is 67.7 cm³/mol. The number of sulfone groups is 1. The Morgan fingerprint density at radius 2 is 1.88 bits per heavy atom. The van der Waals surface area contributed by atoms with E-state index in [9.17, 15) is 13.2 Å². The molecule has 1 aliphatic rings. The molecule has 5 nitrogen and oxygen atoms in total. The van der Waals surface area contributed by atoms with E-state index in [0.717, 1.165) is 12.8 Å². The van der Waals surface area contributed by atoms with E-state index in [1.807, 2.05) is 13.8 Å². The third-order valence-electron chi connectivity index (χ3n) is 2.85. The van der Waals surface area contributed by atoms with E-state index >= 15 is 0 Å². The molecule has 0 unspecified atom stereocenters. The summed E-state index contributed by atoms with van der Waals surface area (Å²) in [5.74, 6) is 0.445. The Morgan fingerprint density at radius 3 is 2.29 bits per heavy atom. The van der Waals surface area contributed by atoms with Crippen molar-refractivity contribution in [2.24, 2.45) is 5.92 Å². The van der Waals surface area contributed by atoms with Crippen LogP contribution in [0.5, 0.6) is 0 Å². The highest BCUT2D eigenvalue weighted by Crippen LogP contribution is 2.18. The monoisotopic (exact) mass is 262 g/mol. The largest absolute Gasteiger partial charge is 0.336 e. The number of carbonyl (C=O) groups is 1. The second kappa shape index (κ2) is 5.71. The SMILES string of the molecule is CC(C)NC(=O)N1CCC(CS(C)(=O)=O)CC1. The van der Waals surface area contributed by atoms with Crippen molar-refractivity contribution >= 4 is 15.9 Å². The molecule has 0 aromatic carbocycles. The number of rotatable bonds is 3. The van der Waals surface area contributed by atoms with Gasteiger partial charge in [0.05, 0.1) is 5.75 Å². The molecule has 1 saturated heterocycles. The van der Waals surface area contributed by atoms with Gasteiger partial charge in [-0.25, -0.2) is 13.2 Å². The molecule has 0 aromatic rings. The molecule has 0 aromatic heterocycles. The minimum Gasteiger partial charge on any atom is -0.336 e. The Hall–Kier alpha value is -0.780. The van der Waals surface area contributed by atoms with Gasteiger partial charge < -0.3 is 10.2 Å². The molecule has 0 bridgehead atoms. The van der Waals surface area contributed by atoms with Crippen molar-refractivity contribution in [2.45, 2.75) is 32.7 Å². The highest BCUT2D eigenvalue weighted by Gasteiger charge is 2.25. The molecule has 17 heavy (non-hydrogen) atoms. The zero-order valence-corrected chi connectivity index (χ0v) is 11.6. The third kappa shape index (κ3) is 5.39. The summed E-state index contributed by atoms with van der Waals surface area (Å²) in [5, 5.41) is 2.84. The number of carbonyl (C=O) groups excluding carboxylic acids is 1. The molecule has 100 valence electrons. The second-order valence-electron chi connectivity index (χ2n) is 5.13. The van der Waals surface area contributed by atoms with Crippen LogP contribution in [0.2, 0.25) is 0 Å². The number of urea groups is 1.